The van der Waals surface area contributed by atoms with Gasteiger partial charge in [-0.1, -0.05) is 0 Å². The number of phosphoric ester groups is 2. The number of aliphatic hydroxyl groups is 4. The van der Waals surface area contributed by atoms with Gasteiger partial charge in [-0.15, -0.1) is 0 Å². The Labute approximate surface area is 267 Å². The van der Waals surface area contributed by atoms with Crippen LogP contribution in [-0.2, 0) is 40.8 Å². The van der Waals surface area contributed by atoms with Crippen LogP contribution in [0.2, 0.25) is 0 Å². The van der Waals surface area contributed by atoms with E-state index in [1.807, 2.05) is 9.97 Å². The highest BCUT2D eigenvalue weighted by Crippen LogP contribution is 2.67. The summed E-state index contributed by atoms with van der Waals surface area (Å²) in [6, 6.07) is 0. The molecular formula is C20H30BN4O20P3. The molecule has 28 heteroatoms. The lowest BCUT2D eigenvalue weighted by atomic mass is 10.1. The van der Waals surface area contributed by atoms with Gasteiger partial charge in [-0.25, -0.2) is 27.3 Å². The SMILES string of the molecule is BP(=O)(OP(=O)(O)OC[C@@H]1O[C@H](n2cc(OC)c(=O)[nH]c2=O)C(O)[C@@H]1O)OP(=O)(O)OC[C@H]1O[C@@H](n2cc(C)c(=O)[nH]c2=O)C(O)[C@H]1O. The summed E-state index contributed by atoms with van der Waals surface area (Å²) in [6.07, 6.45) is -11.8. The molecule has 2 aromatic rings. The first-order chi connectivity index (χ1) is 22.1. The number of hydrogen-bond donors (Lipinski definition) is 8. The molecule has 2 fully saturated rings. The Morgan fingerprint density at radius 2 is 1.19 bits per heavy atom. The van der Waals surface area contributed by atoms with Gasteiger partial charge in [-0.3, -0.25) is 42.3 Å². The maximum absolute atomic E-state index is 12.7. The molecule has 4 heterocycles. The number of ether oxygens (including phenoxy) is 3. The molecule has 11 atom stereocenters. The molecule has 2 saturated heterocycles. The molecule has 0 bridgehead atoms. The van der Waals surface area contributed by atoms with Gasteiger partial charge in [0.2, 0.25) is 5.75 Å². The monoisotopic (exact) mass is 750 g/mol. The van der Waals surface area contributed by atoms with Gasteiger partial charge in [0.05, 0.1) is 26.5 Å². The summed E-state index contributed by atoms with van der Waals surface area (Å²) in [6.45, 7) is -0.738. The van der Waals surface area contributed by atoms with Crippen molar-refractivity contribution in [2.45, 2.75) is 56.0 Å². The number of nitrogens with zero attached hydrogens (tertiary/aromatic N) is 2. The zero-order chi connectivity index (χ0) is 35.9. The molecule has 2 aliphatic rings. The number of rotatable bonds is 13. The van der Waals surface area contributed by atoms with Gasteiger partial charge in [-0.05, 0) is 6.92 Å². The molecule has 4 rings (SSSR count). The van der Waals surface area contributed by atoms with Crippen molar-refractivity contribution in [1.82, 2.24) is 19.1 Å². The number of aromatic amines is 2. The van der Waals surface area contributed by atoms with E-state index in [4.69, 9.17) is 14.2 Å². The number of aryl methyl sites for hydroxylation is 1. The fourth-order valence-electron chi connectivity index (χ4n) is 4.54. The van der Waals surface area contributed by atoms with Crippen LogP contribution >= 0.6 is 23.1 Å². The molecule has 24 nitrogen and oxygen atoms in total. The summed E-state index contributed by atoms with van der Waals surface area (Å²) < 4.78 is 72.6. The van der Waals surface area contributed by atoms with E-state index in [-0.39, 0.29) is 11.3 Å². The third-order valence-corrected chi connectivity index (χ3v) is 11.8. The van der Waals surface area contributed by atoms with Crippen LogP contribution in [0.15, 0.2) is 31.6 Å². The second kappa shape index (κ2) is 14.3. The van der Waals surface area contributed by atoms with E-state index in [1.165, 1.54) is 6.92 Å². The molecule has 8 N–H and O–H groups in total. The Morgan fingerprint density at radius 1 is 0.771 bits per heavy atom. The molecule has 0 saturated carbocycles. The third kappa shape index (κ3) is 8.59. The van der Waals surface area contributed by atoms with Gasteiger partial charge < -0.3 is 44.4 Å². The quantitative estimate of drug-likeness (QED) is 0.0708. The van der Waals surface area contributed by atoms with Crippen LogP contribution in [0.5, 0.6) is 5.75 Å². The summed E-state index contributed by atoms with van der Waals surface area (Å²) in [5, 5.41) is 41.3. The van der Waals surface area contributed by atoms with E-state index in [1.54, 1.807) is 0 Å². The van der Waals surface area contributed by atoms with Gasteiger partial charge >= 0.3 is 27.0 Å². The summed E-state index contributed by atoms with van der Waals surface area (Å²) in [7, 11) is -14.4. The maximum atomic E-state index is 12.7. The minimum Gasteiger partial charge on any atom is -0.490 e. The van der Waals surface area contributed by atoms with Crippen molar-refractivity contribution in [2.24, 2.45) is 0 Å². The Kier molecular flexibility index (Phi) is 11.4. The first kappa shape index (κ1) is 38.2. The second-order valence-corrected chi connectivity index (χ2v) is 15.6. The molecule has 2 aliphatic heterocycles. The first-order valence-electron chi connectivity index (χ1n) is 13.3. The van der Waals surface area contributed by atoms with Crippen molar-refractivity contribution in [1.29, 1.82) is 0 Å². The first-order valence-corrected chi connectivity index (χ1v) is 18.3. The van der Waals surface area contributed by atoms with E-state index >= 15 is 0 Å². The van der Waals surface area contributed by atoms with Crippen LogP contribution in [0.1, 0.15) is 18.0 Å². The topological polar surface area (TPSA) is 347 Å². The van der Waals surface area contributed by atoms with E-state index < -0.39 is 108 Å². The van der Waals surface area contributed by atoms with E-state index in [2.05, 4.69) is 17.7 Å². The normalized spacial score (nSPS) is 31.2. The van der Waals surface area contributed by atoms with Crippen LogP contribution in [0.4, 0.5) is 0 Å². The molecule has 0 aromatic carbocycles. The number of nitrogens with one attached hydrogen (secondary N) is 2. The van der Waals surface area contributed by atoms with Crippen molar-refractivity contribution >= 4 is 30.7 Å². The van der Waals surface area contributed by atoms with Crippen molar-refractivity contribution < 1.29 is 75.8 Å². The van der Waals surface area contributed by atoms with Crippen molar-refractivity contribution in [2.75, 3.05) is 20.3 Å². The zero-order valence-corrected chi connectivity index (χ0v) is 27.5. The highest BCUT2D eigenvalue weighted by Gasteiger charge is 2.48. The molecule has 5 unspecified atom stereocenters. The summed E-state index contributed by atoms with van der Waals surface area (Å²) in [4.78, 5) is 71.6. The predicted octanol–water partition coefficient (Wildman–Crippen LogP) is -4.35. The number of methoxy groups -OCH3 is 1. The van der Waals surface area contributed by atoms with Crippen LogP contribution in [0.25, 0.3) is 0 Å². The molecule has 48 heavy (non-hydrogen) atoms. The second-order valence-electron chi connectivity index (χ2n) is 10.4. The van der Waals surface area contributed by atoms with Gasteiger partial charge in [0.15, 0.2) is 12.5 Å². The van der Waals surface area contributed by atoms with Crippen molar-refractivity contribution in [3.05, 3.63) is 59.6 Å². The average molecular weight is 750 g/mol. The molecule has 2 aromatic heterocycles. The van der Waals surface area contributed by atoms with Crippen LogP contribution in [0, 0.1) is 6.92 Å². The smallest absolute Gasteiger partial charge is 0.478 e. The molecule has 0 amide bonds. The van der Waals surface area contributed by atoms with E-state index in [0.29, 0.717) is 12.1 Å². The lowest BCUT2D eigenvalue weighted by molar-refractivity contribution is -0.0547. The highest BCUT2D eigenvalue weighted by atomic mass is 31.3. The Hall–Kier alpha value is -2.57. The number of aliphatic hydroxyl groups excluding tert-OH is 4. The van der Waals surface area contributed by atoms with Crippen LogP contribution in [0.3, 0.4) is 0 Å². The van der Waals surface area contributed by atoms with Crippen molar-refractivity contribution in [3.63, 3.8) is 0 Å². The zero-order valence-electron chi connectivity index (χ0n) is 24.8. The summed E-state index contributed by atoms with van der Waals surface area (Å²) in [5.41, 5.74) is -3.64. The fraction of sp³-hybridized carbons (Fsp3) is 0.600. The number of H-pyrrole nitrogens is 2. The lowest BCUT2D eigenvalue weighted by Crippen LogP contribution is -2.38. The number of hydrogen-bond acceptors (Lipinski definition) is 18. The van der Waals surface area contributed by atoms with Gasteiger partial charge in [-0.2, -0.15) is 0 Å². The fourth-order valence-corrected chi connectivity index (χ4v) is 8.98. The van der Waals surface area contributed by atoms with Gasteiger partial charge in [0.1, 0.15) is 36.6 Å². The Morgan fingerprint density at radius 3 is 1.62 bits per heavy atom. The Bertz CT molecular complexity index is 1900. The summed E-state index contributed by atoms with van der Waals surface area (Å²) in [5.74, 6) is -0.358. The minimum absolute atomic E-state index is 0.0501. The largest absolute Gasteiger partial charge is 0.490 e. The van der Waals surface area contributed by atoms with Gasteiger partial charge in [0, 0.05) is 11.8 Å². The molecule has 0 aliphatic carbocycles. The minimum atomic E-state index is -5.47. The standard InChI is InChI=1S/C20H30BN4O20P3/c1-7-3-24(19(32)22-15(7)30)17-13(28)11(26)9(42-17)5-40-47(35,36)44-46(21,34)45-48(37,38)41-6-10-12(27)14(29)18(43-10)25-4-8(39-2)16(31)23-20(25)33/h3-4,9-14,17-18,26-29H,5-6,21H2,1-2H3,(H,35,36)(H,37,38)(H,22,30,32)(H,23,31,33)/t9-,10+,11+,12-,13?,14?,17-,18+,46?/m1/s1. The highest BCUT2D eigenvalue weighted by molar-refractivity contribution is 7.86. The van der Waals surface area contributed by atoms with Crippen molar-refractivity contribution in [3.8, 4) is 5.75 Å². The molecular weight excluding hydrogens is 720 g/mol. The van der Waals surface area contributed by atoms with E-state index in [9.17, 15) is 63.1 Å². The third-order valence-electron chi connectivity index (χ3n) is 6.83. The molecule has 0 radical (unpaired) electrons. The summed E-state index contributed by atoms with van der Waals surface area (Å²) >= 11 is 0. The van der Waals surface area contributed by atoms with Crippen LogP contribution < -0.4 is 27.2 Å². The number of phosphoric acid groups is 2. The average Bonchev–Trinajstić information content (AvgIpc) is 3.41. The molecule has 0 spiro atoms. The lowest BCUT2D eigenvalue weighted by Gasteiger charge is -2.22. The Balaban J connectivity index is 1.33. The van der Waals surface area contributed by atoms with E-state index in [0.717, 1.165) is 24.1 Å². The number of aromatic nitrogens is 4. The van der Waals surface area contributed by atoms with Crippen LogP contribution in [-0.4, -0.2) is 114 Å². The molecule has 268 valence electrons. The van der Waals surface area contributed by atoms with Gasteiger partial charge in [0.25, 0.3) is 26.2 Å². The maximum Gasteiger partial charge on any atom is 0.478 e. The predicted molar refractivity (Wildman–Crippen MR) is 156 cm³/mol.